The summed E-state index contributed by atoms with van der Waals surface area (Å²) in [6.07, 6.45) is 0. The quantitative estimate of drug-likeness (QED) is 0.850. The molecule has 0 N–H and O–H groups in total. The lowest BCUT2D eigenvalue weighted by Gasteiger charge is -2.05. The average molecular weight is 306 g/mol. The molecule has 2 aromatic rings. The third kappa shape index (κ3) is 2.30. The second kappa shape index (κ2) is 4.47. The summed E-state index contributed by atoms with van der Waals surface area (Å²) in [5.74, 6) is 0.700. The number of methoxy groups -OCH3 is 1. The summed E-state index contributed by atoms with van der Waals surface area (Å²) in [5, 5.41) is 9.35. The van der Waals surface area contributed by atoms with Crippen molar-refractivity contribution in [1.82, 2.24) is 10.2 Å². The summed E-state index contributed by atoms with van der Waals surface area (Å²) < 4.78 is 5.97. The van der Waals surface area contributed by atoms with Gasteiger partial charge >= 0.3 is 0 Å². The number of aromatic nitrogens is 2. The first-order valence-electron chi connectivity index (χ1n) is 4.03. The van der Waals surface area contributed by atoms with Gasteiger partial charge in [0.25, 0.3) is 0 Å². The highest BCUT2D eigenvalue weighted by Crippen LogP contribution is 2.34. The monoisotopic (exact) mass is 304 g/mol. The van der Waals surface area contributed by atoms with Crippen molar-refractivity contribution in [1.29, 1.82) is 0 Å². The lowest BCUT2D eigenvalue weighted by atomic mass is 10.2. The molecule has 0 amide bonds. The molecule has 0 saturated carbocycles. The van der Waals surface area contributed by atoms with Gasteiger partial charge < -0.3 is 4.74 Å². The van der Waals surface area contributed by atoms with Gasteiger partial charge in [-0.05, 0) is 34.1 Å². The van der Waals surface area contributed by atoms with E-state index < -0.39 is 0 Å². The van der Waals surface area contributed by atoms with Crippen LogP contribution in [0.5, 0.6) is 5.75 Å². The fraction of sp³-hybridized carbons (Fsp3) is 0.111. The van der Waals surface area contributed by atoms with Crippen molar-refractivity contribution in [2.24, 2.45) is 0 Å². The van der Waals surface area contributed by atoms with Crippen LogP contribution in [0.25, 0.3) is 10.6 Å². The molecule has 0 aliphatic carbocycles. The minimum Gasteiger partial charge on any atom is -0.496 e. The number of benzene rings is 1. The molecule has 0 saturated heterocycles. The molecule has 1 aromatic carbocycles. The topological polar surface area (TPSA) is 35.0 Å². The van der Waals surface area contributed by atoms with Gasteiger partial charge in [-0.1, -0.05) is 22.9 Å². The van der Waals surface area contributed by atoms with E-state index in [0.717, 1.165) is 14.5 Å². The van der Waals surface area contributed by atoms with Gasteiger partial charge in [0.2, 0.25) is 0 Å². The Hall–Kier alpha value is -0.650. The first kappa shape index (κ1) is 10.9. The molecule has 0 spiro atoms. The largest absolute Gasteiger partial charge is 0.496 e. The maximum absolute atomic E-state index is 5.87. The second-order valence-electron chi connectivity index (χ2n) is 2.70. The lowest BCUT2D eigenvalue weighted by molar-refractivity contribution is 0.416. The van der Waals surface area contributed by atoms with Crippen molar-refractivity contribution < 1.29 is 4.74 Å². The Morgan fingerprint density at radius 2 is 2.20 bits per heavy atom. The van der Waals surface area contributed by atoms with Gasteiger partial charge in [0.1, 0.15) is 5.75 Å². The molecule has 2 rings (SSSR count). The molecule has 78 valence electrons. The van der Waals surface area contributed by atoms with Crippen LogP contribution in [0.15, 0.2) is 22.1 Å². The van der Waals surface area contributed by atoms with Crippen LogP contribution in [0, 0.1) is 0 Å². The Labute approximate surface area is 104 Å². The van der Waals surface area contributed by atoms with Crippen LogP contribution in [-0.2, 0) is 0 Å². The molecule has 1 heterocycles. The Balaban J connectivity index is 2.52. The third-order valence-electron chi connectivity index (χ3n) is 1.79. The maximum atomic E-state index is 5.87. The molecule has 0 unspecified atom stereocenters. The van der Waals surface area contributed by atoms with Gasteiger partial charge in [0, 0.05) is 5.02 Å². The van der Waals surface area contributed by atoms with Crippen LogP contribution in [0.1, 0.15) is 0 Å². The zero-order valence-electron chi connectivity index (χ0n) is 7.70. The summed E-state index contributed by atoms with van der Waals surface area (Å²) in [6.45, 7) is 0. The zero-order chi connectivity index (χ0) is 10.8. The van der Waals surface area contributed by atoms with E-state index in [1.165, 1.54) is 11.3 Å². The minimum atomic E-state index is 0.638. The number of nitrogens with zero attached hydrogens (tertiary/aromatic N) is 2. The highest BCUT2D eigenvalue weighted by molar-refractivity contribution is 9.11. The number of hydrogen-bond donors (Lipinski definition) is 0. The minimum absolute atomic E-state index is 0.638. The van der Waals surface area contributed by atoms with Crippen LogP contribution >= 0.6 is 38.9 Å². The molecule has 0 atom stereocenters. The Bertz CT molecular complexity index is 489. The summed E-state index contributed by atoms with van der Waals surface area (Å²) in [5.41, 5.74) is 0.894. The molecule has 0 fully saturated rings. The second-order valence-corrected chi connectivity index (χ2v) is 5.39. The van der Waals surface area contributed by atoms with Crippen LogP contribution in [0.2, 0.25) is 5.02 Å². The van der Waals surface area contributed by atoms with Gasteiger partial charge in [-0.25, -0.2) is 0 Å². The maximum Gasteiger partial charge on any atom is 0.183 e. The van der Waals surface area contributed by atoms with Crippen LogP contribution in [-0.4, -0.2) is 17.3 Å². The average Bonchev–Trinajstić information content (AvgIpc) is 2.64. The van der Waals surface area contributed by atoms with Gasteiger partial charge in [0.15, 0.2) is 8.92 Å². The van der Waals surface area contributed by atoms with E-state index in [0.29, 0.717) is 10.8 Å². The normalized spacial score (nSPS) is 10.3. The summed E-state index contributed by atoms with van der Waals surface area (Å²) >= 11 is 10.6. The fourth-order valence-corrected chi connectivity index (χ4v) is 2.46. The van der Waals surface area contributed by atoms with Crippen LogP contribution in [0.3, 0.4) is 0 Å². The van der Waals surface area contributed by atoms with Crippen molar-refractivity contribution in [3.05, 3.63) is 27.1 Å². The fourth-order valence-electron chi connectivity index (χ4n) is 1.16. The van der Waals surface area contributed by atoms with Crippen molar-refractivity contribution in [2.45, 2.75) is 0 Å². The van der Waals surface area contributed by atoms with Crippen LogP contribution < -0.4 is 4.74 Å². The molecule has 0 aliphatic rings. The van der Waals surface area contributed by atoms with E-state index in [-0.39, 0.29) is 0 Å². The van der Waals surface area contributed by atoms with Crippen molar-refractivity contribution in [2.75, 3.05) is 7.11 Å². The summed E-state index contributed by atoms with van der Waals surface area (Å²) in [6, 6.07) is 5.43. The molecule has 6 heteroatoms. The highest BCUT2D eigenvalue weighted by atomic mass is 79.9. The first-order valence-corrected chi connectivity index (χ1v) is 6.02. The van der Waals surface area contributed by atoms with E-state index >= 15 is 0 Å². The van der Waals surface area contributed by atoms with E-state index in [1.807, 2.05) is 6.07 Å². The molecular weight excluding hydrogens is 300 g/mol. The van der Waals surface area contributed by atoms with E-state index in [4.69, 9.17) is 16.3 Å². The highest BCUT2D eigenvalue weighted by Gasteiger charge is 2.10. The number of halogens is 2. The smallest absolute Gasteiger partial charge is 0.183 e. The molecule has 0 radical (unpaired) electrons. The van der Waals surface area contributed by atoms with E-state index in [9.17, 15) is 0 Å². The number of rotatable bonds is 2. The molecular formula is C9H6BrClN2OS. The Kier molecular flexibility index (Phi) is 3.23. The zero-order valence-corrected chi connectivity index (χ0v) is 10.9. The SMILES string of the molecule is COc1cc(Cl)ccc1-c1nnc(Br)s1. The Morgan fingerprint density at radius 1 is 1.40 bits per heavy atom. The molecule has 0 aliphatic heterocycles. The predicted molar refractivity (Wildman–Crippen MR) is 64.6 cm³/mol. The van der Waals surface area contributed by atoms with Crippen molar-refractivity contribution >= 4 is 38.9 Å². The van der Waals surface area contributed by atoms with Gasteiger partial charge in [-0.15, -0.1) is 10.2 Å². The van der Waals surface area contributed by atoms with Crippen molar-refractivity contribution in [3.63, 3.8) is 0 Å². The summed E-state index contributed by atoms with van der Waals surface area (Å²) in [7, 11) is 1.60. The van der Waals surface area contributed by atoms with Crippen LogP contribution in [0.4, 0.5) is 0 Å². The molecule has 15 heavy (non-hydrogen) atoms. The molecule has 3 nitrogen and oxygen atoms in total. The third-order valence-corrected chi connectivity index (χ3v) is 3.42. The summed E-state index contributed by atoms with van der Waals surface area (Å²) in [4.78, 5) is 0. The lowest BCUT2D eigenvalue weighted by Crippen LogP contribution is -1.87. The molecule has 1 aromatic heterocycles. The van der Waals surface area contributed by atoms with E-state index in [2.05, 4.69) is 26.1 Å². The number of ether oxygens (including phenoxy) is 1. The van der Waals surface area contributed by atoms with Crippen molar-refractivity contribution in [3.8, 4) is 16.3 Å². The predicted octanol–water partition coefficient (Wildman–Crippen LogP) is 3.63. The number of hydrogen-bond acceptors (Lipinski definition) is 4. The standard InChI is InChI=1S/C9H6BrClN2OS/c1-14-7-4-5(11)2-3-6(7)8-12-13-9(10)15-8/h2-4H,1H3. The van der Waals surface area contributed by atoms with Gasteiger partial charge in [-0.2, -0.15) is 0 Å². The first-order chi connectivity index (χ1) is 7.20. The molecule has 0 bridgehead atoms. The van der Waals surface area contributed by atoms with E-state index in [1.54, 1.807) is 19.2 Å². The van der Waals surface area contributed by atoms with Gasteiger partial charge in [-0.3, -0.25) is 0 Å². The van der Waals surface area contributed by atoms with Gasteiger partial charge in [0.05, 0.1) is 12.7 Å². The Morgan fingerprint density at radius 3 is 2.80 bits per heavy atom.